The third kappa shape index (κ3) is 2.93. The summed E-state index contributed by atoms with van der Waals surface area (Å²) >= 11 is 0. The van der Waals surface area contributed by atoms with E-state index in [0.717, 1.165) is 18.2 Å². The SMILES string of the molecule is Cc1ccc(N2CCN(C(=O)CN3C[C@H]4CC[C@@H]3C4)CC2=O)cc1. The highest BCUT2D eigenvalue weighted by atomic mass is 16.2. The van der Waals surface area contributed by atoms with Crippen molar-refractivity contribution in [1.29, 1.82) is 0 Å². The molecule has 1 aliphatic carbocycles. The van der Waals surface area contributed by atoms with E-state index in [2.05, 4.69) is 4.90 Å². The topological polar surface area (TPSA) is 43.9 Å². The molecule has 2 bridgehead atoms. The Balaban J connectivity index is 1.35. The molecule has 5 heteroatoms. The molecule has 1 aromatic rings. The Hall–Kier alpha value is -1.88. The van der Waals surface area contributed by atoms with Crippen molar-refractivity contribution in [1.82, 2.24) is 9.80 Å². The lowest BCUT2D eigenvalue weighted by atomic mass is 10.1. The lowest BCUT2D eigenvalue weighted by Gasteiger charge is -2.36. The van der Waals surface area contributed by atoms with Gasteiger partial charge in [-0.15, -0.1) is 0 Å². The number of nitrogens with zero attached hydrogens (tertiary/aromatic N) is 3. The molecule has 2 atom stereocenters. The predicted octanol–water partition coefficient (Wildman–Crippen LogP) is 1.65. The number of aryl methyl sites for hydroxylation is 1. The van der Waals surface area contributed by atoms with Crippen LogP contribution in [-0.2, 0) is 9.59 Å². The molecule has 0 radical (unpaired) electrons. The number of likely N-dealkylation sites (tertiary alicyclic amines) is 1. The molecule has 2 amide bonds. The van der Waals surface area contributed by atoms with E-state index in [9.17, 15) is 9.59 Å². The summed E-state index contributed by atoms with van der Waals surface area (Å²) in [5.74, 6) is 0.920. The lowest BCUT2D eigenvalue weighted by Crippen LogP contribution is -2.54. The quantitative estimate of drug-likeness (QED) is 0.848. The third-order valence-electron chi connectivity index (χ3n) is 5.78. The van der Waals surface area contributed by atoms with Crippen LogP contribution in [0.25, 0.3) is 0 Å². The summed E-state index contributed by atoms with van der Waals surface area (Å²) < 4.78 is 0. The van der Waals surface area contributed by atoms with Crippen molar-refractivity contribution in [3.63, 3.8) is 0 Å². The first-order chi connectivity index (χ1) is 11.6. The highest BCUT2D eigenvalue weighted by Gasteiger charge is 2.39. The predicted molar refractivity (Wildman–Crippen MR) is 92.8 cm³/mol. The molecule has 3 fully saturated rings. The van der Waals surface area contributed by atoms with Gasteiger partial charge < -0.3 is 9.80 Å². The first-order valence-electron chi connectivity index (χ1n) is 8.99. The molecule has 0 unspecified atom stereocenters. The van der Waals surface area contributed by atoms with Gasteiger partial charge in [-0.25, -0.2) is 0 Å². The lowest BCUT2D eigenvalue weighted by molar-refractivity contribution is -0.138. The number of hydrogen-bond donors (Lipinski definition) is 0. The molecule has 2 saturated heterocycles. The number of benzene rings is 1. The van der Waals surface area contributed by atoms with Gasteiger partial charge in [0.15, 0.2) is 0 Å². The normalized spacial score (nSPS) is 27.1. The molecular weight excluding hydrogens is 302 g/mol. The smallest absolute Gasteiger partial charge is 0.246 e. The van der Waals surface area contributed by atoms with Crippen LogP contribution in [0.3, 0.4) is 0 Å². The Bertz CT molecular complexity index is 643. The molecule has 5 nitrogen and oxygen atoms in total. The number of carbonyl (C=O) groups is 2. The fraction of sp³-hybridized carbons (Fsp3) is 0.579. The van der Waals surface area contributed by atoms with E-state index in [1.165, 1.54) is 24.8 Å². The Labute approximate surface area is 143 Å². The molecule has 128 valence electrons. The van der Waals surface area contributed by atoms with Crippen LogP contribution in [0.5, 0.6) is 0 Å². The number of carbonyl (C=O) groups excluding carboxylic acids is 2. The van der Waals surface area contributed by atoms with Gasteiger partial charge in [-0.3, -0.25) is 14.5 Å². The van der Waals surface area contributed by atoms with Gasteiger partial charge in [0.2, 0.25) is 11.8 Å². The second kappa shape index (κ2) is 6.20. The van der Waals surface area contributed by atoms with Crippen LogP contribution in [0.1, 0.15) is 24.8 Å². The molecule has 2 aliphatic heterocycles. The van der Waals surface area contributed by atoms with Crippen molar-refractivity contribution in [3.05, 3.63) is 29.8 Å². The number of hydrogen-bond acceptors (Lipinski definition) is 3. The van der Waals surface area contributed by atoms with E-state index in [4.69, 9.17) is 0 Å². The van der Waals surface area contributed by atoms with Crippen molar-refractivity contribution in [2.45, 2.75) is 32.2 Å². The monoisotopic (exact) mass is 327 g/mol. The van der Waals surface area contributed by atoms with Gasteiger partial charge in [0.25, 0.3) is 0 Å². The highest BCUT2D eigenvalue weighted by Crippen LogP contribution is 2.37. The molecule has 0 spiro atoms. The van der Waals surface area contributed by atoms with Gasteiger partial charge in [-0.05, 0) is 44.2 Å². The molecule has 3 aliphatic rings. The molecule has 2 heterocycles. The fourth-order valence-electron chi connectivity index (χ4n) is 4.38. The maximum absolute atomic E-state index is 12.6. The molecule has 0 N–H and O–H groups in total. The third-order valence-corrected chi connectivity index (χ3v) is 5.78. The number of piperazine rings is 1. The Morgan fingerprint density at radius 3 is 2.58 bits per heavy atom. The number of amides is 2. The number of rotatable bonds is 3. The highest BCUT2D eigenvalue weighted by molar-refractivity contribution is 5.98. The van der Waals surface area contributed by atoms with E-state index in [1.807, 2.05) is 31.2 Å². The Morgan fingerprint density at radius 1 is 1.17 bits per heavy atom. The minimum Gasteiger partial charge on any atom is -0.330 e. The van der Waals surface area contributed by atoms with E-state index in [-0.39, 0.29) is 18.4 Å². The average molecular weight is 327 g/mol. The van der Waals surface area contributed by atoms with Crippen LogP contribution in [0, 0.1) is 12.8 Å². The summed E-state index contributed by atoms with van der Waals surface area (Å²) in [5.41, 5.74) is 2.11. The van der Waals surface area contributed by atoms with E-state index >= 15 is 0 Å². The zero-order valence-electron chi connectivity index (χ0n) is 14.3. The molecule has 4 rings (SSSR count). The standard InChI is InChI=1S/C19H25N3O2/c1-14-2-5-16(6-3-14)22-9-8-20(13-19(22)24)18(23)12-21-11-15-4-7-17(21)10-15/h2-3,5-6,15,17H,4,7-13H2,1H3/t15-,17+/m0/s1. The van der Waals surface area contributed by atoms with E-state index in [0.29, 0.717) is 25.7 Å². The molecule has 1 aromatic carbocycles. The van der Waals surface area contributed by atoms with E-state index in [1.54, 1.807) is 9.80 Å². The maximum atomic E-state index is 12.6. The fourth-order valence-corrected chi connectivity index (χ4v) is 4.38. The van der Waals surface area contributed by atoms with Gasteiger partial charge in [0.05, 0.1) is 6.54 Å². The minimum atomic E-state index is 0.0152. The van der Waals surface area contributed by atoms with Crippen LogP contribution < -0.4 is 4.90 Å². The Kier molecular flexibility index (Phi) is 4.04. The Morgan fingerprint density at radius 2 is 1.96 bits per heavy atom. The molecule has 24 heavy (non-hydrogen) atoms. The summed E-state index contributed by atoms with van der Waals surface area (Å²) in [6.07, 6.45) is 3.81. The van der Waals surface area contributed by atoms with E-state index < -0.39 is 0 Å². The molecular formula is C19H25N3O2. The van der Waals surface area contributed by atoms with Gasteiger partial charge in [-0.1, -0.05) is 17.7 Å². The van der Waals surface area contributed by atoms with Crippen LogP contribution in [0.15, 0.2) is 24.3 Å². The summed E-state index contributed by atoms with van der Waals surface area (Å²) in [5, 5.41) is 0. The van der Waals surface area contributed by atoms with Crippen molar-refractivity contribution in [3.8, 4) is 0 Å². The summed E-state index contributed by atoms with van der Waals surface area (Å²) in [6.45, 7) is 4.99. The number of fused-ring (bicyclic) bond motifs is 2. The number of anilines is 1. The van der Waals surface area contributed by atoms with Crippen LogP contribution in [0.4, 0.5) is 5.69 Å². The first kappa shape index (κ1) is 15.6. The van der Waals surface area contributed by atoms with Gasteiger partial charge >= 0.3 is 0 Å². The maximum Gasteiger partial charge on any atom is 0.246 e. The summed E-state index contributed by atoms with van der Waals surface area (Å²) in [6, 6.07) is 8.59. The molecule has 0 aromatic heterocycles. The van der Waals surface area contributed by atoms with Gasteiger partial charge in [-0.2, -0.15) is 0 Å². The van der Waals surface area contributed by atoms with Crippen LogP contribution in [0.2, 0.25) is 0 Å². The first-order valence-corrected chi connectivity index (χ1v) is 8.99. The summed E-state index contributed by atoms with van der Waals surface area (Å²) in [4.78, 5) is 30.9. The van der Waals surface area contributed by atoms with Crippen molar-refractivity contribution < 1.29 is 9.59 Å². The van der Waals surface area contributed by atoms with Crippen molar-refractivity contribution in [2.75, 3.05) is 37.6 Å². The number of piperidine rings is 1. The zero-order chi connectivity index (χ0) is 16.7. The van der Waals surface area contributed by atoms with Crippen molar-refractivity contribution in [2.24, 2.45) is 5.92 Å². The average Bonchev–Trinajstić information content (AvgIpc) is 3.18. The van der Waals surface area contributed by atoms with Crippen LogP contribution >= 0.6 is 0 Å². The van der Waals surface area contributed by atoms with Gasteiger partial charge in [0.1, 0.15) is 6.54 Å². The minimum absolute atomic E-state index is 0.0152. The van der Waals surface area contributed by atoms with Gasteiger partial charge in [0, 0.05) is 31.4 Å². The largest absolute Gasteiger partial charge is 0.330 e. The second-order valence-corrected chi connectivity index (χ2v) is 7.46. The van der Waals surface area contributed by atoms with Crippen molar-refractivity contribution >= 4 is 17.5 Å². The summed E-state index contributed by atoms with van der Waals surface area (Å²) in [7, 11) is 0. The zero-order valence-corrected chi connectivity index (χ0v) is 14.3. The second-order valence-electron chi connectivity index (χ2n) is 7.46. The molecule has 1 saturated carbocycles. The van der Waals surface area contributed by atoms with Crippen LogP contribution in [-0.4, -0.2) is 60.4 Å².